The highest BCUT2D eigenvalue weighted by molar-refractivity contribution is 5.84. The Kier molecular flexibility index (Phi) is 5.25. The maximum absolute atomic E-state index is 11.3. The Morgan fingerprint density at radius 2 is 1.94 bits per heavy atom. The highest BCUT2D eigenvalue weighted by atomic mass is 16.4. The van der Waals surface area contributed by atoms with E-state index in [1.807, 2.05) is 0 Å². The summed E-state index contributed by atoms with van der Waals surface area (Å²) in [7, 11) is 0. The molecule has 0 radical (unpaired) electrons. The van der Waals surface area contributed by atoms with E-state index in [0.717, 1.165) is 12.8 Å². The summed E-state index contributed by atoms with van der Waals surface area (Å²) in [6.45, 7) is 0.658. The minimum Gasteiger partial charge on any atom is -0.480 e. The van der Waals surface area contributed by atoms with Crippen molar-refractivity contribution in [1.82, 2.24) is 5.32 Å². The minimum absolute atomic E-state index is 0.137. The number of carbonyl (C=O) groups is 2. The fourth-order valence-electron chi connectivity index (χ4n) is 2.01. The van der Waals surface area contributed by atoms with E-state index in [1.165, 1.54) is 19.3 Å². The summed E-state index contributed by atoms with van der Waals surface area (Å²) in [5.41, 5.74) is 5.27. The van der Waals surface area contributed by atoms with E-state index in [1.54, 1.807) is 0 Å². The van der Waals surface area contributed by atoms with Gasteiger partial charge in [-0.15, -0.1) is 0 Å². The Labute approximate surface area is 95.4 Å². The lowest BCUT2D eigenvalue weighted by Crippen LogP contribution is -2.38. The van der Waals surface area contributed by atoms with Gasteiger partial charge in [-0.05, 0) is 18.8 Å². The van der Waals surface area contributed by atoms with E-state index in [4.69, 9.17) is 10.8 Å². The summed E-state index contributed by atoms with van der Waals surface area (Å²) in [4.78, 5) is 21.8. The van der Waals surface area contributed by atoms with E-state index in [9.17, 15) is 9.59 Å². The van der Waals surface area contributed by atoms with Gasteiger partial charge >= 0.3 is 5.97 Å². The average Bonchev–Trinajstić information content (AvgIpc) is 2.27. The zero-order chi connectivity index (χ0) is 12.0. The summed E-state index contributed by atoms with van der Waals surface area (Å²) in [5, 5.41) is 11.3. The SMILES string of the molecule is NC(CC(=O)NCC1CCCCC1)C(=O)O. The van der Waals surface area contributed by atoms with Gasteiger partial charge in [0.2, 0.25) is 5.91 Å². The fourth-order valence-corrected chi connectivity index (χ4v) is 2.01. The molecular weight excluding hydrogens is 208 g/mol. The number of carboxylic acids is 1. The maximum atomic E-state index is 11.3. The number of nitrogens with one attached hydrogen (secondary N) is 1. The molecule has 1 amide bonds. The van der Waals surface area contributed by atoms with Crippen molar-refractivity contribution in [3.05, 3.63) is 0 Å². The maximum Gasteiger partial charge on any atom is 0.321 e. The van der Waals surface area contributed by atoms with Crippen LogP contribution in [0.25, 0.3) is 0 Å². The average molecular weight is 228 g/mol. The number of carbonyl (C=O) groups excluding carboxylic acids is 1. The van der Waals surface area contributed by atoms with Crippen molar-refractivity contribution in [3.63, 3.8) is 0 Å². The molecule has 16 heavy (non-hydrogen) atoms. The second-order valence-electron chi connectivity index (χ2n) is 4.46. The first-order chi connectivity index (χ1) is 7.59. The Hall–Kier alpha value is -1.10. The number of rotatable bonds is 5. The minimum atomic E-state index is -1.13. The molecule has 1 aliphatic carbocycles. The molecule has 0 saturated heterocycles. The number of carboxylic acid groups (broad SMARTS) is 1. The van der Waals surface area contributed by atoms with Crippen molar-refractivity contribution < 1.29 is 14.7 Å². The van der Waals surface area contributed by atoms with Crippen LogP contribution in [-0.2, 0) is 9.59 Å². The Bertz CT molecular complexity index is 250. The van der Waals surface area contributed by atoms with Gasteiger partial charge in [-0.25, -0.2) is 0 Å². The second kappa shape index (κ2) is 6.48. The Morgan fingerprint density at radius 1 is 1.31 bits per heavy atom. The molecule has 1 rings (SSSR count). The van der Waals surface area contributed by atoms with Gasteiger partial charge < -0.3 is 16.2 Å². The highest BCUT2D eigenvalue weighted by Gasteiger charge is 2.18. The van der Waals surface area contributed by atoms with E-state index < -0.39 is 12.0 Å². The Morgan fingerprint density at radius 3 is 2.50 bits per heavy atom. The summed E-state index contributed by atoms with van der Waals surface area (Å²) >= 11 is 0. The summed E-state index contributed by atoms with van der Waals surface area (Å²) in [6.07, 6.45) is 5.93. The van der Waals surface area contributed by atoms with Gasteiger partial charge in [-0.1, -0.05) is 19.3 Å². The molecule has 1 unspecified atom stereocenters. The fraction of sp³-hybridized carbons (Fsp3) is 0.818. The first kappa shape index (κ1) is 13.0. The predicted octanol–water partition coefficient (Wildman–Crippen LogP) is 0.485. The van der Waals surface area contributed by atoms with Crippen molar-refractivity contribution in [2.75, 3.05) is 6.54 Å². The van der Waals surface area contributed by atoms with Gasteiger partial charge in [-0.3, -0.25) is 9.59 Å². The van der Waals surface area contributed by atoms with Gasteiger partial charge in [0.25, 0.3) is 0 Å². The van der Waals surface area contributed by atoms with Crippen molar-refractivity contribution in [3.8, 4) is 0 Å². The van der Waals surface area contributed by atoms with Crippen LogP contribution in [-0.4, -0.2) is 29.6 Å². The van der Waals surface area contributed by atoms with Crippen LogP contribution in [0.3, 0.4) is 0 Å². The molecule has 0 aromatic rings. The lowest BCUT2D eigenvalue weighted by molar-refractivity contribution is -0.140. The first-order valence-electron chi connectivity index (χ1n) is 5.84. The molecule has 5 nitrogen and oxygen atoms in total. The normalized spacial score (nSPS) is 19.1. The van der Waals surface area contributed by atoms with E-state index in [0.29, 0.717) is 12.5 Å². The molecule has 4 N–H and O–H groups in total. The van der Waals surface area contributed by atoms with E-state index in [2.05, 4.69) is 5.32 Å². The largest absolute Gasteiger partial charge is 0.480 e. The standard InChI is InChI=1S/C11H20N2O3/c12-9(11(15)16)6-10(14)13-7-8-4-2-1-3-5-8/h8-9H,1-7,12H2,(H,13,14)(H,15,16). The van der Waals surface area contributed by atoms with Gasteiger partial charge in [0.05, 0.1) is 6.42 Å². The highest BCUT2D eigenvalue weighted by Crippen LogP contribution is 2.22. The molecule has 1 aliphatic rings. The third-order valence-electron chi connectivity index (χ3n) is 3.04. The quantitative estimate of drug-likeness (QED) is 0.638. The monoisotopic (exact) mass is 228 g/mol. The molecular formula is C11H20N2O3. The van der Waals surface area contributed by atoms with Crippen LogP contribution in [0.15, 0.2) is 0 Å². The zero-order valence-electron chi connectivity index (χ0n) is 9.45. The van der Waals surface area contributed by atoms with Gasteiger partial charge in [-0.2, -0.15) is 0 Å². The summed E-state index contributed by atoms with van der Waals surface area (Å²) < 4.78 is 0. The number of aliphatic carboxylic acids is 1. The second-order valence-corrected chi connectivity index (χ2v) is 4.46. The van der Waals surface area contributed by atoms with E-state index >= 15 is 0 Å². The van der Waals surface area contributed by atoms with E-state index in [-0.39, 0.29) is 12.3 Å². The molecule has 0 aromatic heterocycles. The van der Waals surface area contributed by atoms with Crippen molar-refractivity contribution in [2.24, 2.45) is 11.7 Å². The summed E-state index contributed by atoms with van der Waals surface area (Å²) in [5.74, 6) is -0.841. The Balaban J connectivity index is 2.16. The third kappa shape index (κ3) is 4.61. The molecule has 0 heterocycles. The van der Waals surface area contributed by atoms with Crippen LogP contribution in [0.1, 0.15) is 38.5 Å². The lowest BCUT2D eigenvalue weighted by Gasteiger charge is -2.21. The predicted molar refractivity (Wildman–Crippen MR) is 59.8 cm³/mol. The molecule has 0 aliphatic heterocycles. The topological polar surface area (TPSA) is 92.4 Å². The van der Waals surface area contributed by atoms with Gasteiger partial charge in [0.1, 0.15) is 6.04 Å². The smallest absolute Gasteiger partial charge is 0.321 e. The molecule has 1 atom stereocenters. The third-order valence-corrected chi connectivity index (χ3v) is 3.04. The molecule has 0 spiro atoms. The first-order valence-corrected chi connectivity index (χ1v) is 5.84. The van der Waals surface area contributed by atoms with Crippen LogP contribution < -0.4 is 11.1 Å². The van der Waals surface area contributed by atoms with Crippen LogP contribution >= 0.6 is 0 Å². The summed E-state index contributed by atoms with van der Waals surface area (Å²) in [6, 6.07) is -1.09. The molecule has 1 saturated carbocycles. The van der Waals surface area contributed by atoms with Crippen LogP contribution in [0.2, 0.25) is 0 Å². The molecule has 0 aromatic carbocycles. The van der Waals surface area contributed by atoms with Gasteiger partial charge in [0, 0.05) is 6.54 Å². The van der Waals surface area contributed by atoms with Crippen molar-refractivity contribution >= 4 is 11.9 Å². The number of hydrogen-bond donors (Lipinski definition) is 3. The van der Waals surface area contributed by atoms with Crippen LogP contribution in [0.5, 0.6) is 0 Å². The zero-order valence-corrected chi connectivity index (χ0v) is 9.45. The van der Waals surface area contributed by atoms with Gasteiger partial charge in [0.15, 0.2) is 0 Å². The molecule has 5 heteroatoms. The molecule has 92 valence electrons. The van der Waals surface area contributed by atoms with Crippen LogP contribution in [0, 0.1) is 5.92 Å². The van der Waals surface area contributed by atoms with Crippen LogP contribution in [0.4, 0.5) is 0 Å². The molecule has 1 fully saturated rings. The van der Waals surface area contributed by atoms with Crippen molar-refractivity contribution in [2.45, 2.75) is 44.6 Å². The van der Waals surface area contributed by atoms with Crippen molar-refractivity contribution in [1.29, 1.82) is 0 Å². The molecule has 0 bridgehead atoms. The lowest BCUT2D eigenvalue weighted by atomic mass is 9.89. The number of amides is 1. The number of hydrogen-bond acceptors (Lipinski definition) is 3. The number of nitrogens with two attached hydrogens (primary N) is 1.